The van der Waals surface area contributed by atoms with E-state index < -0.39 is 5.54 Å². The van der Waals surface area contributed by atoms with E-state index in [4.69, 9.17) is 22.7 Å². The molecular formula is C12H22N2O2S. The molecule has 1 rings (SSSR count). The van der Waals surface area contributed by atoms with E-state index in [1.807, 2.05) is 13.8 Å². The van der Waals surface area contributed by atoms with Crippen molar-refractivity contribution in [1.29, 1.82) is 0 Å². The first kappa shape index (κ1) is 14.4. The summed E-state index contributed by atoms with van der Waals surface area (Å²) in [6.07, 6.45) is 3.93. The van der Waals surface area contributed by atoms with Gasteiger partial charge < -0.3 is 15.8 Å². The normalized spacial score (nSPS) is 20.9. The molecule has 4 nitrogen and oxygen atoms in total. The number of nitrogens with two attached hydrogens (primary N) is 1. The summed E-state index contributed by atoms with van der Waals surface area (Å²) in [6.45, 7) is 4.62. The lowest BCUT2D eigenvalue weighted by Crippen LogP contribution is -2.58. The molecule has 1 heterocycles. The van der Waals surface area contributed by atoms with E-state index >= 15 is 0 Å². The van der Waals surface area contributed by atoms with Crippen molar-refractivity contribution >= 4 is 23.1 Å². The molecule has 1 atom stereocenters. The highest BCUT2D eigenvalue weighted by molar-refractivity contribution is 7.80. The maximum atomic E-state index is 12.1. The molecule has 1 unspecified atom stereocenters. The quantitative estimate of drug-likeness (QED) is 0.734. The fraction of sp³-hybridized carbons (Fsp3) is 0.833. The molecule has 98 valence electrons. The number of amides is 1. The van der Waals surface area contributed by atoms with Crippen molar-refractivity contribution in [3.8, 4) is 0 Å². The van der Waals surface area contributed by atoms with Crippen LogP contribution in [-0.4, -0.2) is 29.1 Å². The number of carbonyl (C=O) groups excluding carboxylic acids is 1. The van der Waals surface area contributed by atoms with Crippen LogP contribution < -0.4 is 11.1 Å². The number of hydrogen-bond donors (Lipinski definition) is 2. The number of hydrogen-bond acceptors (Lipinski definition) is 3. The predicted molar refractivity (Wildman–Crippen MR) is 71.8 cm³/mol. The summed E-state index contributed by atoms with van der Waals surface area (Å²) in [5.74, 6) is -0.0822. The first-order valence-electron chi connectivity index (χ1n) is 6.29. The van der Waals surface area contributed by atoms with Gasteiger partial charge in [-0.05, 0) is 32.1 Å². The monoisotopic (exact) mass is 258 g/mol. The number of ether oxygens (including phenoxy) is 1. The van der Waals surface area contributed by atoms with E-state index in [-0.39, 0.29) is 12.0 Å². The van der Waals surface area contributed by atoms with Gasteiger partial charge in [0.05, 0.1) is 10.5 Å². The van der Waals surface area contributed by atoms with Gasteiger partial charge in [-0.25, -0.2) is 0 Å². The van der Waals surface area contributed by atoms with Crippen molar-refractivity contribution < 1.29 is 9.53 Å². The van der Waals surface area contributed by atoms with E-state index in [0.717, 1.165) is 19.3 Å². The molecule has 0 radical (unpaired) electrons. The summed E-state index contributed by atoms with van der Waals surface area (Å²) in [7, 11) is 0. The molecule has 1 aliphatic rings. The molecular weight excluding hydrogens is 236 g/mol. The van der Waals surface area contributed by atoms with Crippen molar-refractivity contribution in [3.63, 3.8) is 0 Å². The molecule has 1 amide bonds. The van der Waals surface area contributed by atoms with Crippen LogP contribution >= 0.6 is 12.2 Å². The Morgan fingerprint density at radius 1 is 1.47 bits per heavy atom. The summed E-state index contributed by atoms with van der Waals surface area (Å²) >= 11 is 5.07. The highest BCUT2D eigenvalue weighted by Gasteiger charge is 2.34. The van der Waals surface area contributed by atoms with E-state index in [0.29, 0.717) is 24.4 Å². The Morgan fingerprint density at radius 3 is 2.53 bits per heavy atom. The minimum atomic E-state index is -0.562. The van der Waals surface area contributed by atoms with Gasteiger partial charge in [0.15, 0.2) is 0 Å². The number of rotatable bonds is 5. The third-order valence-corrected chi connectivity index (χ3v) is 3.90. The lowest BCUT2D eigenvalue weighted by Gasteiger charge is -2.34. The average molecular weight is 258 g/mol. The summed E-state index contributed by atoms with van der Waals surface area (Å²) in [6, 6.07) is 0. The first-order chi connectivity index (χ1) is 8.05. The van der Waals surface area contributed by atoms with Gasteiger partial charge in [0.1, 0.15) is 6.10 Å². The van der Waals surface area contributed by atoms with Gasteiger partial charge in [0.25, 0.3) is 0 Å². The molecule has 1 saturated heterocycles. The van der Waals surface area contributed by atoms with Gasteiger partial charge in [0.2, 0.25) is 5.91 Å². The smallest absolute Gasteiger partial charge is 0.249 e. The molecule has 17 heavy (non-hydrogen) atoms. The zero-order valence-corrected chi connectivity index (χ0v) is 11.4. The van der Waals surface area contributed by atoms with Crippen LogP contribution in [0.1, 0.15) is 46.0 Å². The second-order valence-corrected chi connectivity index (χ2v) is 4.94. The first-order valence-corrected chi connectivity index (χ1v) is 6.70. The maximum absolute atomic E-state index is 12.1. The van der Waals surface area contributed by atoms with Crippen molar-refractivity contribution in [2.45, 2.75) is 57.6 Å². The Labute approximate surface area is 108 Å². The van der Waals surface area contributed by atoms with E-state index in [1.54, 1.807) is 0 Å². The zero-order chi connectivity index (χ0) is 12.9. The third-order valence-electron chi connectivity index (χ3n) is 3.51. The van der Waals surface area contributed by atoms with Crippen molar-refractivity contribution in [2.24, 2.45) is 5.73 Å². The molecule has 0 aromatic heterocycles. The highest BCUT2D eigenvalue weighted by Crippen LogP contribution is 2.18. The van der Waals surface area contributed by atoms with Crippen LogP contribution in [0.2, 0.25) is 0 Å². The predicted octanol–water partition coefficient (Wildman–Crippen LogP) is 1.52. The van der Waals surface area contributed by atoms with Gasteiger partial charge in [-0.1, -0.05) is 26.1 Å². The van der Waals surface area contributed by atoms with Gasteiger partial charge in [-0.3, -0.25) is 4.79 Å². The van der Waals surface area contributed by atoms with E-state index in [1.165, 1.54) is 0 Å². The molecule has 0 aliphatic carbocycles. The molecule has 0 spiro atoms. The average Bonchev–Trinajstić information content (AvgIpc) is 2.36. The molecule has 0 aromatic carbocycles. The van der Waals surface area contributed by atoms with Crippen molar-refractivity contribution in [3.05, 3.63) is 0 Å². The molecule has 0 bridgehead atoms. The van der Waals surface area contributed by atoms with E-state index in [9.17, 15) is 4.79 Å². The standard InChI is InChI=1S/C12H22N2O2S/c1-3-12(4-2,11(13)17)14-10(15)9-7-5-6-8-16-9/h9H,3-8H2,1-2H3,(H2,13,17)(H,14,15). The maximum Gasteiger partial charge on any atom is 0.249 e. The molecule has 0 aromatic rings. The molecule has 1 fully saturated rings. The highest BCUT2D eigenvalue weighted by atomic mass is 32.1. The molecule has 3 N–H and O–H groups in total. The largest absolute Gasteiger partial charge is 0.391 e. The van der Waals surface area contributed by atoms with Crippen LogP contribution in [0.4, 0.5) is 0 Å². The second kappa shape index (κ2) is 6.31. The van der Waals surface area contributed by atoms with Gasteiger partial charge in [-0.15, -0.1) is 0 Å². The number of thiocarbonyl (C=S) groups is 1. The molecule has 1 aliphatic heterocycles. The van der Waals surface area contributed by atoms with Gasteiger partial charge in [-0.2, -0.15) is 0 Å². The van der Waals surface area contributed by atoms with Crippen molar-refractivity contribution in [2.75, 3.05) is 6.61 Å². The second-order valence-electron chi connectivity index (χ2n) is 4.50. The van der Waals surface area contributed by atoms with Crippen LogP contribution in [0.3, 0.4) is 0 Å². The lowest BCUT2D eigenvalue weighted by molar-refractivity contribution is -0.136. The Morgan fingerprint density at radius 2 is 2.12 bits per heavy atom. The Kier molecular flexibility index (Phi) is 5.33. The summed E-state index contributed by atoms with van der Waals surface area (Å²) < 4.78 is 5.46. The SMILES string of the molecule is CCC(CC)(NC(=O)C1CCCCO1)C(N)=S. The fourth-order valence-electron chi connectivity index (χ4n) is 2.10. The van der Waals surface area contributed by atoms with Crippen LogP contribution in [0.15, 0.2) is 0 Å². The fourth-order valence-corrected chi connectivity index (χ4v) is 2.44. The third kappa shape index (κ3) is 3.39. The van der Waals surface area contributed by atoms with Crippen LogP contribution in [0, 0.1) is 0 Å². The summed E-state index contributed by atoms with van der Waals surface area (Å²) in [5.41, 5.74) is 5.18. The summed E-state index contributed by atoms with van der Waals surface area (Å²) in [4.78, 5) is 12.4. The van der Waals surface area contributed by atoms with Gasteiger partial charge in [0, 0.05) is 6.61 Å². The Bertz CT molecular complexity index is 284. The Balaban J connectivity index is 2.66. The number of nitrogens with one attached hydrogen (secondary N) is 1. The van der Waals surface area contributed by atoms with Crippen molar-refractivity contribution in [1.82, 2.24) is 5.32 Å². The molecule has 5 heteroatoms. The van der Waals surface area contributed by atoms with Crippen LogP contribution in [0.25, 0.3) is 0 Å². The van der Waals surface area contributed by atoms with Crippen LogP contribution in [-0.2, 0) is 9.53 Å². The topological polar surface area (TPSA) is 64.3 Å². The minimum absolute atomic E-state index is 0.0822. The van der Waals surface area contributed by atoms with E-state index in [2.05, 4.69) is 5.32 Å². The zero-order valence-electron chi connectivity index (χ0n) is 10.6. The molecule has 0 saturated carbocycles. The minimum Gasteiger partial charge on any atom is -0.391 e. The lowest BCUT2D eigenvalue weighted by atomic mass is 9.92. The summed E-state index contributed by atoms with van der Waals surface area (Å²) in [5, 5.41) is 2.97. The van der Waals surface area contributed by atoms with Gasteiger partial charge >= 0.3 is 0 Å². The Hall–Kier alpha value is -0.680. The number of carbonyl (C=O) groups is 1. The van der Waals surface area contributed by atoms with Crippen LogP contribution in [0.5, 0.6) is 0 Å².